The highest BCUT2D eigenvalue weighted by Gasteiger charge is 2.29. The van der Waals surface area contributed by atoms with E-state index in [9.17, 15) is 14.4 Å². The molecule has 1 aliphatic heterocycles. The zero-order valence-corrected chi connectivity index (χ0v) is 17.2. The minimum atomic E-state index is -0.927. The topological polar surface area (TPSA) is 125 Å². The van der Waals surface area contributed by atoms with E-state index in [1.54, 1.807) is 12.3 Å². The fourth-order valence-corrected chi connectivity index (χ4v) is 4.53. The lowest BCUT2D eigenvalue weighted by Crippen LogP contribution is -2.46. The molecule has 3 N–H and O–H groups in total. The fourth-order valence-electron chi connectivity index (χ4n) is 3.91. The van der Waals surface area contributed by atoms with Gasteiger partial charge in [0.05, 0.1) is 4.88 Å². The summed E-state index contributed by atoms with van der Waals surface area (Å²) in [7, 11) is 0. The molecule has 2 aromatic rings. The minimum absolute atomic E-state index is 0.00533. The molecule has 2 aliphatic rings. The standard InChI is InChI=1S/C20H23N5O4S/c26-17(12-5-7-25(8-6-12)20(28)29)22-14-3-4-15-13(10-14)11-21-19(23-15)24-18(27)16-2-1-9-30-16/h1-2,9,11-12,14H,3-8,10H2,(H,22,26)(H,28,29)(H,21,23,24,27). The third-order valence-corrected chi connectivity index (χ3v) is 6.47. The van der Waals surface area contributed by atoms with E-state index in [4.69, 9.17) is 5.11 Å². The van der Waals surface area contributed by atoms with Crippen molar-refractivity contribution in [2.24, 2.45) is 5.92 Å². The lowest BCUT2D eigenvalue weighted by Gasteiger charge is -2.31. The number of hydrogen-bond acceptors (Lipinski definition) is 6. The summed E-state index contributed by atoms with van der Waals surface area (Å²) in [5.74, 6) is -0.0815. The smallest absolute Gasteiger partial charge is 0.407 e. The van der Waals surface area contributed by atoms with E-state index < -0.39 is 6.09 Å². The van der Waals surface area contributed by atoms with Crippen LogP contribution in [0.4, 0.5) is 10.7 Å². The van der Waals surface area contributed by atoms with Crippen LogP contribution in [0.2, 0.25) is 0 Å². The maximum atomic E-state index is 12.6. The number of aromatic nitrogens is 2. The number of carbonyl (C=O) groups excluding carboxylic acids is 2. The Labute approximate surface area is 177 Å². The monoisotopic (exact) mass is 429 g/mol. The third-order valence-electron chi connectivity index (χ3n) is 5.60. The van der Waals surface area contributed by atoms with Gasteiger partial charge in [-0.15, -0.1) is 11.3 Å². The predicted octanol–water partition coefficient (Wildman–Crippen LogP) is 2.15. The van der Waals surface area contributed by atoms with Gasteiger partial charge in [0.15, 0.2) is 0 Å². The number of thiophene rings is 1. The number of fused-ring (bicyclic) bond motifs is 1. The molecule has 0 radical (unpaired) electrons. The van der Waals surface area contributed by atoms with Crippen molar-refractivity contribution < 1.29 is 19.5 Å². The van der Waals surface area contributed by atoms with Gasteiger partial charge in [-0.2, -0.15) is 0 Å². The normalized spacial score (nSPS) is 19.1. The van der Waals surface area contributed by atoms with Crippen molar-refractivity contribution in [2.45, 2.75) is 38.1 Å². The molecule has 4 rings (SSSR count). The molecule has 10 heteroatoms. The number of anilines is 1. The summed E-state index contributed by atoms with van der Waals surface area (Å²) in [6.45, 7) is 0.795. The Balaban J connectivity index is 1.31. The second kappa shape index (κ2) is 8.78. The number of carboxylic acid groups (broad SMARTS) is 1. The van der Waals surface area contributed by atoms with Gasteiger partial charge in [0.25, 0.3) is 5.91 Å². The first-order chi connectivity index (χ1) is 14.5. The second-order valence-corrected chi connectivity index (χ2v) is 8.54. The Morgan fingerprint density at radius 1 is 1.20 bits per heavy atom. The van der Waals surface area contributed by atoms with Gasteiger partial charge < -0.3 is 15.3 Å². The van der Waals surface area contributed by atoms with Crippen molar-refractivity contribution in [2.75, 3.05) is 18.4 Å². The summed E-state index contributed by atoms with van der Waals surface area (Å²) in [5, 5.41) is 16.7. The zero-order chi connectivity index (χ0) is 21.1. The number of nitrogens with zero attached hydrogens (tertiary/aromatic N) is 3. The summed E-state index contributed by atoms with van der Waals surface area (Å²) < 4.78 is 0. The quantitative estimate of drug-likeness (QED) is 0.684. The number of amides is 3. The minimum Gasteiger partial charge on any atom is -0.465 e. The molecular formula is C20H23N5O4S. The summed E-state index contributed by atoms with van der Waals surface area (Å²) in [6, 6.07) is 3.58. The van der Waals surface area contributed by atoms with E-state index in [0.29, 0.717) is 49.6 Å². The first kappa shape index (κ1) is 20.3. The molecule has 158 valence electrons. The molecule has 30 heavy (non-hydrogen) atoms. The van der Waals surface area contributed by atoms with Crippen LogP contribution in [0.3, 0.4) is 0 Å². The maximum absolute atomic E-state index is 12.6. The summed E-state index contributed by atoms with van der Waals surface area (Å²) in [6.07, 6.45) is 4.01. The van der Waals surface area contributed by atoms with Crippen LogP contribution in [0.1, 0.15) is 40.2 Å². The molecule has 1 atom stereocenters. The van der Waals surface area contributed by atoms with E-state index in [1.165, 1.54) is 16.2 Å². The molecule has 1 fully saturated rings. The van der Waals surface area contributed by atoms with Gasteiger partial charge in [-0.25, -0.2) is 14.8 Å². The molecule has 2 aromatic heterocycles. The number of hydrogen-bond donors (Lipinski definition) is 3. The molecule has 1 aliphatic carbocycles. The maximum Gasteiger partial charge on any atom is 0.407 e. The van der Waals surface area contributed by atoms with Gasteiger partial charge in [-0.05, 0) is 49.1 Å². The van der Waals surface area contributed by atoms with Gasteiger partial charge >= 0.3 is 6.09 Å². The number of nitrogens with one attached hydrogen (secondary N) is 2. The molecule has 0 bridgehead atoms. The highest BCUT2D eigenvalue weighted by Crippen LogP contribution is 2.23. The van der Waals surface area contributed by atoms with Crippen LogP contribution >= 0.6 is 11.3 Å². The Hall–Kier alpha value is -3.01. The molecule has 1 saturated heterocycles. The second-order valence-electron chi connectivity index (χ2n) is 7.59. The van der Waals surface area contributed by atoms with Crippen molar-refractivity contribution in [3.8, 4) is 0 Å². The Bertz CT molecular complexity index is 941. The Kier molecular flexibility index (Phi) is 5.93. The van der Waals surface area contributed by atoms with Crippen LogP contribution < -0.4 is 10.6 Å². The molecule has 3 heterocycles. The molecule has 9 nitrogen and oxygen atoms in total. The van der Waals surface area contributed by atoms with Crippen LogP contribution in [-0.4, -0.2) is 57.0 Å². The van der Waals surface area contributed by atoms with Crippen LogP contribution in [0, 0.1) is 5.92 Å². The van der Waals surface area contributed by atoms with Gasteiger partial charge in [-0.3, -0.25) is 14.9 Å². The molecular weight excluding hydrogens is 406 g/mol. The average molecular weight is 430 g/mol. The van der Waals surface area contributed by atoms with Crippen LogP contribution in [-0.2, 0) is 17.6 Å². The van der Waals surface area contributed by atoms with Gasteiger partial charge in [0.2, 0.25) is 11.9 Å². The van der Waals surface area contributed by atoms with Crippen molar-refractivity contribution in [3.05, 3.63) is 39.8 Å². The first-order valence-electron chi connectivity index (χ1n) is 9.97. The van der Waals surface area contributed by atoms with Crippen molar-refractivity contribution in [1.29, 1.82) is 0 Å². The summed E-state index contributed by atoms with van der Waals surface area (Å²) in [4.78, 5) is 46.4. The van der Waals surface area contributed by atoms with Crippen molar-refractivity contribution in [1.82, 2.24) is 20.2 Å². The molecule has 0 aromatic carbocycles. The third kappa shape index (κ3) is 4.59. The average Bonchev–Trinajstić information content (AvgIpc) is 3.29. The first-order valence-corrected chi connectivity index (χ1v) is 10.9. The molecule has 1 unspecified atom stereocenters. The number of rotatable bonds is 4. The van der Waals surface area contributed by atoms with Crippen molar-refractivity contribution >= 4 is 35.2 Å². The Morgan fingerprint density at radius 2 is 2.00 bits per heavy atom. The number of aryl methyl sites for hydroxylation is 1. The lowest BCUT2D eigenvalue weighted by molar-refractivity contribution is -0.127. The van der Waals surface area contributed by atoms with Crippen LogP contribution in [0.15, 0.2) is 23.7 Å². The van der Waals surface area contributed by atoms with Crippen molar-refractivity contribution in [3.63, 3.8) is 0 Å². The van der Waals surface area contributed by atoms with Gasteiger partial charge in [-0.1, -0.05) is 6.07 Å². The molecule has 0 spiro atoms. The van der Waals surface area contributed by atoms with E-state index in [0.717, 1.165) is 17.7 Å². The highest BCUT2D eigenvalue weighted by molar-refractivity contribution is 7.12. The van der Waals surface area contributed by atoms with E-state index in [1.807, 2.05) is 11.4 Å². The molecule has 3 amide bonds. The van der Waals surface area contributed by atoms with E-state index in [2.05, 4.69) is 20.6 Å². The van der Waals surface area contributed by atoms with Gasteiger partial charge in [0.1, 0.15) is 0 Å². The van der Waals surface area contributed by atoms with E-state index in [-0.39, 0.29) is 23.8 Å². The highest BCUT2D eigenvalue weighted by atomic mass is 32.1. The SMILES string of the molecule is O=C(Nc1ncc2c(n1)CCC(NC(=O)C1CCN(C(=O)O)CC1)C2)c1cccs1. The number of likely N-dealkylation sites (tertiary alicyclic amines) is 1. The molecule has 0 saturated carbocycles. The zero-order valence-electron chi connectivity index (χ0n) is 16.3. The van der Waals surface area contributed by atoms with Crippen LogP contribution in [0.25, 0.3) is 0 Å². The summed E-state index contributed by atoms with van der Waals surface area (Å²) in [5.41, 5.74) is 1.87. The van der Waals surface area contributed by atoms with Gasteiger partial charge in [0, 0.05) is 36.9 Å². The van der Waals surface area contributed by atoms with E-state index >= 15 is 0 Å². The van der Waals surface area contributed by atoms with Crippen LogP contribution in [0.5, 0.6) is 0 Å². The Morgan fingerprint density at radius 3 is 2.70 bits per heavy atom. The number of piperidine rings is 1. The largest absolute Gasteiger partial charge is 0.465 e. The lowest BCUT2D eigenvalue weighted by atomic mass is 9.91. The predicted molar refractivity (Wildman–Crippen MR) is 111 cm³/mol. The number of carbonyl (C=O) groups is 3. The summed E-state index contributed by atoms with van der Waals surface area (Å²) >= 11 is 1.36. The fraction of sp³-hybridized carbons (Fsp3) is 0.450.